The highest BCUT2D eigenvalue weighted by Gasteiger charge is 2.52. The van der Waals surface area contributed by atoms with Gasteiger partial charge in [0.1, 0.15) is 0 Å². The van der Waals surface area contributed by atoms with Crippen molar-refractivity contribution in [2.24, 2.45) is 40.0 Å². The molecule has 0 spiro atoms. The van der Waals surface area contributed by atoms with Crippen LogP contribution in [0.4, 0.5) is 0 Å². The summed E-state index contributed by atoms with van der Waals surface area (Å²) in [4.78, 5) is 11.1. The zero-order valence-corrected chi connectivity index (χ0v) is 20.5. The highest BCUT2D eigenvalue weighted by molar-refractivity contribution is 5.84. The Hall–Kier alpha value is -0.730. The van der Waals surface area contributed by atoms with Crippen LogP contribution in [0, 0.1) is 35.0 Å². The minimum Gasteiger partial charge on any atom is -0.338 e. The molecule has 0 aromatic carbocycles. The monoisotopic (exact) mass is 437 g/mol. The summed E-state index contributed by atoms with van der Waals surface area (Å²) in [5.41, 5.74) is 0.710. The van der Waals surface area contributed by atoms with Crippen molar-refractivity contribution in [1.82, 2.24) is 9.80 Å². The molecule has 8 rings (SSSR count). The summed E-state index contributed by atoms with van der Waals surface area (Å²) in [5, 5.41) is 0. The van der Waals surface area contributed by atoms with Gasteiger partial charge in [-0.2, -0.15) is 0 Å². The Labute approximate surface area is 196 Å². The molecule has 0 unspecified atom stereocenters. The van der Waals surface area contributed by atoms with Crippen molar-refractivity contribution in [3.63, 3.8) is 0 Å². The van der Waals surface area contributed by atoms with Crippen LogP contribution in [0.15, 0.2) is 4.99 Å². The number of guanidine groups is 1. The predicted molar refractivity (Wildman–Crippen MR) is 132 cm³/mol. The van der Waals surface area contributed by atoms with Crippen molar-refractivity contribution < 1.29 is 0 Å². The molecule has 2 heterocycles. The van der Waals surface area contributed by atoms with E-state index in [1.165, 1.54) is 89.7 Å². The third-order valence-electron chi connectivity index (χ3n) is 11.6. The Morgan fingerprint density at radius 3 is 1.88 bits per heavy atom. The van der Waals surface area contributed by atoms with E-state index in [9.17, 15) is 0 Å². The zero-order valence-electron chi connectivity index (χ0n) is 20.5. The summed E-state index contributed by atoms with van der Waals surface area (Å²) >= 11 is 0. The summed E-state index contributed by atoms with van der Waals surface area (Å²) in [7, 11) is 0. The smallest absolute Gasteiger partial charge is 0.197 e. The molecule has 178 valence electrons. The first-order chi connectivity index (χ1) is 15.8. The molecule has 0 aromatic heterocycles. The molecule has 6 aliphatic carbocycles. The van der Waals surface area contributed by atoms with E-state index in [4.69, 9.17) is 4.99 Å². The molecule has 1 saturated heterocycles. The summed E-state index contributed by atoms with van der Waals surface area (Å²) in [5.74, 6) is 6.57. The Bertz CT molecular complexity index is 681. The minimum atomic E-state index is 0.710. The van der Waals surface area contributed by atoms with E-state index >= 15 is 0 Å². The number of rotatable bonds is 5. The van der Waals surface area contributed by atoms with Gasteiger partial charge in [-0.1, -0.05) is 38.5 Å². The molecule has 3 nitrogen and oxygen atoms in total. The third-order valence-corrected chi connectivity index (χ3v) is 11.6. The van der Waals surface area contributed by atoms with Crippen molar-refractivity contribution in [1.29, 1.82) is 0 Å². The largest absolute Gasteiger partial charge is 0.338 e. The van der Waals surface area contributed by atoms with Crippen molar-refractivity contribution in [3.05, 3.63) is 0 Å². The minimum absolute atomic E-state index is 0.710. The average Bonchev–Trinajstić information content (AvgIpc) is 3.37. The van der Waals surface area contributed by atoms with Crippen LogP contribution in [0.2, 0.25) is 0 Å². The van der Waals surface area contributed by atoms with E-state index in [0.29, 0.717) is 5.41 Å². The van der Waals surface area contributed by atoms with Crippen molar-refractivity contribution in [2.75, 3.05) is 19.6 Å². The van der Waals surface area contributed by atoms with Crippen LogP contribution in [0.1, 0.15) is 109 Å². The topological polar surface area (TPSA) is 18.8 Å². The molecule has 32 heavy (non-hydrogen) atoms. The van der Waals surface area contributed by atoms with Gasteiger partial charge in [-0.05, 0) is 106 Å². The molecule has 2 atom stereocenters. The first-order valence-corrected chi connectivity index (χ1v) is 14.8. The molecule has 0 amide bonds. The second-order valence-electron chi connectivity index (χ2n) is 13.6. The fourth-order valence-corrected chi connectivity index (χ4v) is 10.5. The molecule has 3 heteroatoms. The number of nitrogens with zero attached hydrogens (tertiary/aromatic N) is 3. The SMILES string of the molecule is C1CCC([C@H]2CN3C(=NC[C@H]3C3CCCCC3)N2CCC23CC4CC(CC(C4)C2)C3)CC1. The van der Waals surface area contributed by atoms with E-state index in [0.717, 1.165) is 48.2 Å². The van der Waals surface area contributed by atoms with Crippen molar-refractivity contribution in [2.45, 2.75) is 121 Å². The molecule has 0 aromatic rings. The maximum absolute atomic E-state index is 5.31. The number of aliphatic imine (C=N–C) groups is 1. The van der Waals surface area contributed by atoms with Gasteiger partial charge in [0, 0.05) is 13.1 Å². The van der Waals surface area contributed by atoms with Crippen molar-refractivity contribution in [3.8, 4) is 0 Å². The fraction of sp³-hybridized carbons (Fsp3) is 0.966. The summed E-state index contributed by atoms with van der Waals surface area (Å²) in [6, 6.07) is 1.51. The second kappa shape index (κ2) is 8.19. The first-order valence-electron chi connectivity index (χ1n) is 14.8. The van der Waals surface area contributed by atoms with Gasteiger partial charge in [0.15, 0.2) is 5.96 Å². The number of fused-ring (bicyclic) bond motifs is 1. The van der Waals surface area contributed by atoms with Gasteiger partial charge in [0.2, 0.25) is 0 Å². The fourth-order valence-electron chi connectivity index (χ4n) is 10.5. The highest BCUT2D eigenvalue weighted by Crippen LogP contribution is 2.61. The van der Waals surface area contributed by atoms with Crippen LogP contribution in [0.3, 0.4) is 0 Å². The van der Waals surface area contributed by atoms with Gasteiger partial charge in [0.05, 0.1) is 18.6 Å². The summed E-state index contributed by atoms with van der Waals surface area (Å²) in [6.07, 6.45) is 25.6. The lowest BCUT2D eigenvalue weighted by Gasteiger charge is -2.57. The molecule has 0 radical (unpaired) electrons. The predicted octanol–water partition coefficient (Wildman–Crippen LogP) is 6.48. The van der Waals surface area contributed by atoms with E-state index in [1.54, 1.807) is 38.5 Å². The van der Waals surface area contributed by atoms with Crippen LogP contribution >= 0.6 is 0 Å². The van der Waals surface area contributed by atoms with Crippen molar-refractivity contribution >= 4 is 5.96 Å². The molecular weight excluding hydrogens is 390 g/mol. The first kappa shape index (κ1) is 20.6. The van der Waals surface area contributed by atoms with Gasteiger partial charge in [-0.3, -0.25) is 4.99 Å². The second-order valence-corrected chi connectivity index (χ2v) is 13.6. The standard InChI is InChI=1S/C29H47N3/c1-3-7-24(8-4-1)26-19-30-28-31(27(20-32(26)28)25-9-5-2-6-10-25)12-11-29-16-21-13-22(17-29)15-23(14-21)18-29/h21-27H,1-20H2/t21?,22?,23?,26-,27+,29?/m0/s1. The normalized spacial score (nSPS) is 44.4. The number of hydrogen-bond acceptors (Lipinski definition) is 3. The van der Waals surface area contributed by atoms with Gasteiger partial charge < -0.3 is 9.80 Å². The maximum atomic E-state index is 5.31. The number of hydrogen-bond donors (Lipinski definition) is 0. The lowest BCUT2D eigenvalue weighted by Crippen LogP contribution is -2.48. The van der Waals surface area contributed by atoms with Crippen LogP contribution in [-0.2, 0) is 0 Å². The van der Waals surface area contributed by atoms with Gasteiger partial charge in [-0.25, -0.2) is 0 Å². The van der Waals surface area contributed by atoms with E-state index in [1.807, 2.05) is 0 Å². The Morgan fingerprint density at radius 1 is 0.719 bits per heavy atom. The Morgan fingerprint density at radius 2 is 1.28 bits per heavy atom. The quantitative estimate of drug-likeness (QED) is 0.490. The molecule has 2 aliphatic heterocycles. The third kappa shape index (κ3) is 3.54. The van der Waals surface area contributed by atoms with Gasteiger partial charge in [-0.15, -0.1) is 0 Å². The van der Waals surface area contributed by atoms with E-state index in [2.05, 4.69) is 9.80 Å². The Balaban J connectivity index is 1.10. The molecule has 8 aliphatic rings. The maximum Gasteiger partial charge on any atom is 0.197 e. The van der Waals surface area contributed by atoms with E-state index < -0.39 is 0 Å². The summed E-state index contributed by atoms with van der Waals surface area (Å²) < 4.78 is 0. The van der Waals surface area contributed by atoms with Gasteiger partial charge >= 0.3 is 0 Å². The lowest BCUT2D eigenvalue weighted by atomic mass is 9.49. The highest BCUT2D eigenvalue weighted by atomic mass is 15.5. The average molecular weight is 438 g/mol. The molecular formula is C29H47N3. The molecule has 4 bridgehead atoms. The van der Waals surface area contributed by atoms with E-state index in [-0.39, 0.29) is 0 Å². The van der Waals surface area contributed by atoms with Crippen LogP contribution < -0.4 is 0 Å². The molecule has 6 saturated carbocycles. The molecule has 0 N–H and O–H groups in total. The zero-order chi connectivity index (χ0) is 21.1. The molecule has 7 fully saturated rings. The van der Waals surface area contributed by atoms with Gasteiger partial charge in [0.25, 0.3) is 0 Å². The lowest BCUT2D eigenvalue weighted by molar-refractivity contribution is -0.0601. The van der Waals surface area contributed by atoms with Crippen LogP contribution in [0.25, 0.3) is 0 Å². The summed E-state index contributed by atoms with van der Waals surface area (Å²) in [6.45, 7) is 3.73. The Kier molecular flexibility index (Phi) is 5.28. The van der Waals surface area contributed by atoms with Crippen LogP contribution in [0.5, 0.6) is 0 Å². The van der Waals surface area contributed by atoms with Crippen LogP contribution in [-0.4, -0.2) is 47.5 Å².